The fourth-order valence-corrected chi connectivity index (χ4v) is 2.42. The van der Waals surface area contributed by atoms with Crippen LogP contribution in [0.1, 0.15) is 48.0 Å². The summed E-state index contributed by atoms with van der Waals surface area (Å²) in [6.07, 6.45) is 4.92. The maximum Gasteiger partial charge on any atom is 0.342 e. The van der Waals surface area contributed by atoms with E-state index in [1.807, 2.05) is 0 Å². The first kappa shape index (κ1) is 17.7. The van der Waals surface area contributed by atoms with Crippen LogP contribution in [0.3, 0.4) is 0 Å². The summed E-state index contributed by atoms with van der Waals surface area (Å²) in [5.74, 6) is -1.23. The number of benzene rings is 1. The highest BCUT2D eigenvalue weighted by molar-refractivity contribution is 6.37. The highest BCUT2D eigenvalue weighted by Gasteiger charge is 2.19. The van der Waals surface area contributed by atoms with Gasteiger partial charge >= 0.3 is 5.97 Å². The van der Waals surface area contributed by atoms with Gasteiger partial charge in [0.25, 0.3) is 0 Å². The molecule has 0 aliphatic carbocycles. The highest BCUT2D eigenvalue weighted by atomic mass is 16.5. The predicted octanol–water partition coefficient (Wildman–Crippen LogP) is 2.67. The quantitative estimate of drug-likeness (QED) is 0.628. The number of hydrogen-bond acceptors (Lipinski definition) is 6. The molecule has 6 nitrogen and oxygen atoms in total. The lowest BCUT2D eigenvalue weighted by molar-refractivity contribution is -0.136. The second kappa shape index (κ2) is 8.29. The number of carbonyl (C=O) groups is 3. The van der Waals surface area contributed by atoms with Crippen molar-refractivity contribution < 1.29 is 29.0 Å². The summed E-state index contributed by atoms with van der Waals surface area (Å²) in [5.41, 5.74) is 0.499. The van der Waals surface area contributed by atoms with Crippen molar-refractivity contribution in [2.24, 2.45) is 0 Å². The molecule has 0 bridgehead atoms. The molecule has 2 rings (SSSR count). The van der Waals surface area contributed by atoms with Gasteiger partial charge in [0, 0.05) is 18.9 Å². The fraction of sp³-hybridized carbons (Fsp3) is 0.389. The minimum absolute atomic E-state index is 0.0616. The second-order valence-electron chi connectivity index (χ2n) is 5.49. The monoisotopic (exact) mass is 332 g/mol. The zero-order valence-corrected chi connectivity index (χ0v) is 13.5. The third kappa shape index (κ3) is 4.44. The number of hydrogen-bond donors (Lipinski definition) is 1. The largest absolute Gasteiger partial charge is 0.507 e. The molecule has 1 heterocycles. The van der Waals surface area contributed by atoms with Gasteiger partial charge in [-0.3, -0.25) is 9.59 Å². The Balaban J connectivity index is 2.33. The van der Waals surface area contributed by atoms with Crippen LogP contribution in [0.4, 0.5) is 0 Å². The van der Waals surface area contributed by atoms with Crippen LogP contribution in [0.5, 0.6) is 11.5 Å². The Morgan fingerprint density at radius 1 is 1.08 bits per heavy atom. The fourth-order valence-electron chi connectivity index (χ4n) is 2.42. The molecule has 1 N–H and O–H groups in total. The number of ketones is 2. The third-order valence-corrected chi connectivity index (χ3v) is 3.74. The zero-order chi connectivity index (χ0) is 17.5. The molecule has 6 heteroatoms. The molecule has 0 fully saturated rings. The molecule has 1 aliphatic rings. The molecule has 0 aromatic heterocycles. The number of methoxy groups -OCH3 is 1. The smallest absolute Gasteiger partial charge is 0.342 e. The van der Waals surface area contributed by atoms with Gasteiger partial charge in [-0.05, 0) is 30.9 Å². The summed E-state index contributed by atoms with van der Waals surface area (Å²) in [7, 11) is 1.45. The molecule has 0 saturated heterocycles. The van der Waals surface area contributed by atoms with Gasteiger partial charge in [-0.15, -0.1) is 0 Å². The van der Waals surface area contributed by atoms with Crippen LogP contribution in [-0.2, 0) is 14.3 Å². The molecule has 0 atom stereocenters. The SMILES string of the molecule is COc1cc(O)c2c(c1)C=CCCC(=O)C(=O)CCCCOC2=O. The first-order valence-corrected chi connectivity index (χ1v) is 7.83. The van der Waals surface area contributed by atoms with Crippen LogP contribution in [0, 0.1) is 0 Å². The molecule has 0 amide bonds. The van der Waals surface area contributed by atoms with E-state index in [1.54, 1.807) is 18.2 Å². The number of allylic oxidation sites excluding steroid dienone is 1. The lowest BCUT2D eigenvalue weighted by atomic mass is 10.0. The molecule has 1 aromatic rings. The second-order valence-corrected chi connectivity index (χ2v) is 5.49. The minimum atomic E-state index is -0.630. The predicted molar refractivity (Wildman–Crippen MR) is 87.1 cm³/mol. The molecule has 128 valence electrons. The summed E-state index contributed by atoms with van der Waals surface area (Å²) in [6, 6.07) is 2.95. The average molecular weight is 332 g/mol. The maximum absolute atomic E-state index is 12.2. The van der Waals surface area contributed by atoms with Crippen molar-refractivity contribution in [3.63, 3.8) is 0 Å². The molecule has 0 saturated carbocycles. The summed E-state index contributed by atoms with van der Waals surface area (Å²) in [5, 5.41) is 10.1. The van der Waals surface area contributed by atoms with Crippen molar-refractivity contribution in [3.05, 3.63) is 29.3 Å². The first-order valence-electron chi connectivity index (χ1n) is 7.83. The van der Waals surface area contributed by atoms with Crippen LogP contribution < -0.4 is 4.74 Å². The van der Waals surface area contributed by atoms with Gasteiger partial charge in [0.2, 0.25) is 0 Å². The van der Waals surface area contributed by atoms with Gasteiger partial charge < -0.3 is 14.6 Å². The van der Waals surface area contributed by atoms with E-state index in [9.17, 15) is 19.5 Å². The number of Topliss-reactive ketones (excluding diaryl/α,β-unsaturated/α-hetero) is 2. The molecular formula is C18H20O6. The number of carbonyl (C=O) groups excluding carboxylic acids is 3. The normalized spacial score (nSPS) is 17.0. The Morgan fingerprint density at radius 3 is 2.58 bits per heavy atom. The van der Waals surface area contributed by atoms with Gasteiger partial charge in [-0.25, -0.2) is 4.79 Å². The number of aromatic hydroxyl groups is 1. The summed E-state index contributed by atoms with van der Waals surface area (Å²) in [6.45, 7) is 0.120. The molecule has 0 spiro atoms. The average Bonchev–Trinajstić information content (AvgIpc) is 2.56. The number of phenols is 1. The molecule has 0 radical (unpaired) electrons. The van der Waals surface area contributed by atoms with E-state index in [1.165, 1.54) is 13.2 Å². The maximum atomic E-state index is 12.2. The van der Waals surface area contributed by atoms with E-state index in [0.717, 1.165) is 0 Å². The van der Waals surface area contributed by atoms with E-state index in [-0.39, 0.29) is 42.3 Å². The summed E-state index contributed by atoms with van der Waals surface area (Å²) in [4.78, 5) is 35.6. The van der Waals surface area contributed by atoms with Crippen molar-refractivity contribution in [1.29, 1.82) is 0 Å². The van der Waals surface area contributed by atoms with E-state index in [0.29, 0.717) is 30.6 Å². The van der Waals surface area contributed by atoms with Crippen LogP contribution >= 0.6 is 0 Å². The van der Waals surface area contributed by atoms with E-state index in [2.05, 4.69) is 0 Å². The number of rotatable bonds is 1. The Bertz CT molecular complexity index is 674. The number of ether oxygens (including phenoxy) is 2. The van der Waals surface area contributed by atoms with Crippen molar-refractivity contribution in [2.45, 2.75) is 32.1 Å². The number of esters is 1. The Labute approximate surface area is 140 Å². The minimum Gasteiger partial charge on any atom is -0.507 e. The zero-order valence-electron chi connectivity index (χ0n) is 13.5. The Hall–Kier alpha value is -2.63. The summed E-state index contributed by atoms with van der Waals surface area (Å²) >= 11 is 0. The topological polar surface area (TPSA) is 89.9 Å². The van der Waals surface area contributed by atoms with E-state index < -0.39 is 5.97 Å². The van der Waals surface area contributed by atoms with Gasteiger partial charge in [0.05, 0.1) is 13.7 Å². The Morgan fingerprint density at radius 2 is 1.83 bits per heavy atom. The molecule has 1 aromatic carbocycles. The van der Waals surface area contributed by atoms with Crippen molar-refractivity contribution in [1.82, 2.24) is 0 Å². The lowest BCUT2D eigenvalue weighted by Gasteiger charge is -2.11. The van der Waals surface area contributed by atoms with Crippen LogP contribution in [-0.4, -0.2) is 36.4 Å². The molecular weight excluding hydrogens is 312 g/mol. The number of cyclic esters (lactones) is 1. The van der Waals surface area contributed by atoms with Crippen molar-refractivity contribution >= 4 is 23.6 Å². The first-order chi connectivity index (χ1) is 11.5. The molecule has 24 heavy (non-hydrogen) atoms. The molecule has 1 aliphatic heterocycles. The van der Waals surface area contributed by atoms with Gasteiger partial charge in [0.1, 0.15) is 17.1 Å². The van der Waals surface area contributed by atoms with Gasteiger partial charge in [-0.2, -0.15) is 0 Å². The van der Waals surface area contributed by atoms with Crippen LogP contribution in [0.2, 0.25) is 0 Å². The Kier molecular flexibility index (Phi) is 6.12. The number of phenolic OH excluding ortho intramolecular Hbond substituents is 1. The molecule has 0 unspecified atom stereocenters. The van der Waals surface area contributed by atoms with E-state index >= 15 is 0 Å². The van der Waals surface area contributed by atoms with E-state index in [4.69, 9.17) is 9.47 Å². The highest BCUT2D eigenvalue weighted by Crippen LogP contribution is 2.30. The standard InChI is InChI=1S/C18H20O6/c1-23-13-10-12-6-2-3-7-14(19)15(20)8-4-5-9-24-18(22)17(12)16(21)11-13/h2,6,10-11,21H,3-5,7-9H2,1H3. The lowest BCUT2D eigenvalue weighted by Crippen LogP contribution is -2.14. The van der Waals surface area contributed by atoms with Crippen molar-refractivity contribution in [2.75, 3.05) is 13.7 Å². The van der Waals surface area contributed by atoms with Gasteiger partial charge in [-0.1, -0.05) is 12.2 Å². The number of fused-ring (bicyclic) bond motifs is 1. The van der Waals surface area contributed by atoms with Crippen LogP contribution in [0.25, 0.3) is 6.08 Å². The van der Waals surface area contributed by atoms with Crippen molar-refractivity contribution in [3.8, 4) is 11.5 Å². The third-order valence-electron chi connectivity index (χ3n) is 3.74. The summed E-state index contributed by atoms with van der Waals surface area (Å²) < 4.78 is 10.3. The van der Waals surface area contributed by atoms with Crippen LogP contribution in [0.15, 0.2) is 18.2 Å². The van der Waals surface area contributed by atoms with Gasteiger partial charge in [0.15, 0.2) is 11.6 Å².